The topological polar surface area (TPSA) is 108 Å². The van der Waals surface area contributed by atoms with Gasteiger partial charge in [-0.25, -0.2) is 0 Å². The highest BCUT2D eigenvalue weighted by molar-refractivity contribution is 7.99. The number of benzene rings is 1. The average molecular weight is 451 g/mol. The zero-order chi connectivity index (χ0) is 21.5. The number of nitrogens with zero attached hydrogens (tertiary/aromatic N) is 3. The molecule has 0 atom stereocenters. The van der Waals surface area contributed by atoms with Crippen LogP contribution < -0.4 is 10.1 Å². The van der Waals surface area contributed by atoms with Crippen molar-refractivity contribution in [3.63, 3.8) is 0 Å². The first-order valence-electron chi connectivity index (χ1n) is 8.90. The molecule has 0 spiro atoms. The Morgan fingerprint density at radius 1 is 1.30 bits per heavy atom. The van der Waals surface area contributed by atoms with Crippen molar-refractivity contribution in [2.45, 2.75) is 18.6 Å². The van der Waals surface area contributed by atoms with Crippen LogP contribution in [-0.2, 0) is 20.9 Å². The van der Waals surface area contributed by atoms with E-state index in [4.69, 9.17) is 25.5 Å². The van der Waals surface area contributed by atoms with Gasteiger partial charge in [0, 0.05) is 11.6 Å². The molecule has 1 amide bonds. The Hall–Kier alpha value is -2.98. The largest absolute Gasteiger partial charge is 0.495 e. The summed E-state index contributed by atoms with van der Waals surface area (Å²) in [5.74, 6) is 0.523. The van der Waals surface area contributed by atoms with Crippen molar-refractivity contribution in [1.29, 1.82) is 0 Å². The summed E-state index contributed by atoms with van der Waals surface area (Å²) >= 11 is 7.09. The number of nitrogens with one attached hydrogen (secondary N) is 1. The van der Waals surface area contributed by atoms with E-state index < -0.39 is 18.5 Å². The molecule has 0 bridgehead atoms. The number of carbonyl (C=O) groups excluding carboxylic acids is 2. The van der Waals surface area contributed by atoms with Crippen LogP contribution in [0.2, 0.25) is 5.02 Å². The fourth-order valence-corrected chi connectivity index (χ4v) is 3.52. The summed E-state index contributed by atoms with van der Waals surface area (Å²) in [6.45, 7) is 2.10. The Balaban J connectivity index is 1.51. The van der Waals surface area contributed by atoms with Gasteiger partial charge < -0.3 is 19.2 Å². The summed E-state index contributed by atoms with van der Waals surface area (Å²) in [6.07, 6.45) is 1.55. The molecule has 0 unspecified atom stereocenters. The number of rotatable bonds is 9. The molecule has 2 aromatic heterocycles. The quantitative estimate of drug-likeness (QED) is 0.389. The maximum Gasteiger partial charge on any atom is 0.316 e. The smallest absolute Gasteiger partial charge is 0.316 e. The van der Waals surface area contributed by atoms with Crippen LogP contribution in [0, 0.1) is 0 Å². The zero-order valence-electron chi connectivity index (χ0n) is 16.3. The van der Waals surface area contributed by atoms with Crippen LogP contribution in [0.25, 0.3) is 11.6 Å². The molecule has 11 heteroatoms. The van der Waals surface area contributed by atoms with Gasteiger partial charge in [0.15, 0.2) is 23.3 Å². The molecule has 0 aliphatic rings. The lowest BCUT2D eigenvalue weighted by molar-refractivity contribution is -0.144. The molecule has 0 radical (unpaired) electrons. The van der Waals surface area contributed by atoms with Gasteiger partial charge in [-0.05, 0) is 37.3 Å². The van der Waals surface area contributed by atoms with Crippen LogP contribution in [0.5, 0.6) is 5.75 Å². The number of amides is 1. The maximum absolute atomic E-state index is 12.1. The third-order valence-corrected chi connectivity index (χ3v) is 5.07. The number of aromatic nitrogens is 3. The second-order valence-electron chi connectivity index (χ2n) is 5.87. The van der Waals surface area contributed by atoms with Gasteiger partial charge in [0.2, 0.25) is 0 Å². The number of anilines is 1. The van der Waals surface area contributed by atoms with Crippen LogP contribution in [0.15, 0.2) is 46.2 Å². The molecule has 0 fully saturated rings. The summed E-state index contributed by atoms with van der Waals surface area (Å²) in [7, 11) is 1.47. The van der Waals surface area contributed by atoms with Gasteiger partial charge in [-0.2, -0.15) is 0 Å². The Bertz CT molecular complexity index is 1020. The lowest BCUT2D eigenvalue weighted by Crippen LogP contribution is -2.22. The van der Waals surface area contributed by atoms with Crippen LogP contribution in [0.4, 0.5) is 5.69 Å². The van der Waals surface area contributed by atoms with Crippen molar-refractivity contribution in [3.8, 4) is 17.3 Å². The number of furan rings is 1. The predicted octanol–water partition coefficient (Wildman–Crippen LogP) is 3.49. The van der Waals surface area contributed by atoms with Crippen LogP contribution in [0.1, 0.15) is 6.92 Å². The first-order valence-corrected chi connectivity index (χ1v) is 10.3. The van der Waals surface area contributed by atoms with E-state index in [0.717, 1.165) is 0 Å². The zero-order valence-corrected chi connectivity index (χ0v) is 17.8. The van der Waals surface area contributed by atoms with Crippen molar-refractivity contribution < 1.29 is 23.5 Å². The van der Waals surface area contributed by atoms with Crippen LogP contribution in [0.3, 0.4) is 0 Å². The summed E-state index contributed by atoms with van der Waals surface area (Å²) in [5.41, 5.74) is 0.391. The number of carbonyl (C=O) groups is 2. The van der Waals surface area contributed by atoms with E-state index >= 15 is 0 Å². The van der Waals surface area contributed by atoms with Crippen LogP contribution in [-0.4, -0.2) is 46.1 Å². The van der Waals surface area contributed by atoms with E-state index in [2.05, 4.69) is 15.5 Å². The Kier molecular flexibility index (Phi) is 7.36. The van der Waals surface area contributed by atoms with E-state index in [9.17, 15) is 9.59 Å². The lowest BCUT2D eigenvalue weighted by Gasteiger charge is -2.11. The summed E-state index contributed by atoms with van der Waals surface area (Å²) in [6, 6.07) is 8.36. The average Bonchev–Trinajstić information content (AvgIpc) is 3.40. The Labute approximate surface area is 181 Å². The van der Waals surface area contributed by atoms with E-state index in [1.54, 1.807) is 36.6 Å². The standard InChI is InChI=1S/C19H19ClN4O5S/c1-3-24-18(15-5-4-8-28-15)22-23-19(24)30-11-17(26)29-10-16(25)21-13-9-12(20)6-7-14(13)27-2/h4-9H,3,10-11H2,1-2H3,(H,21,25). The molecule has 0 saturated heterocycles. The minimum absolute atomic E-state index is 0.0238. The van der Waals surface area contributed by atoms with E-state index in [0.29, 0.717) is 39.7 Å². The number of halogens is 1. The Morgan fingerprint density at radius 3 is 2.83 bits per heavy atom. The third-order valence-electron chi connectivity index (χ3n) is 3.89. The summed E-state index contributed by atoms with van der Waals surface area (Å²) in [5, 5.41) is 11.8. The normalized spacial score (nSPS) is 10.6. The van der Waals surface area contributed by atoms with Gasteiger partial charge in [0.25, 0.3) is 5.91 Å². The van der Waals surface area contributed by atoms with Crippen molar-refractivity contribution in [1.82, 2.24) is 14.8 Å². The molecule has 9 nitrogen and oxygen atoms in total. The van der Waals surface area contributed by atoms with Gasteiger partial charge in [-0.15, -0.1) is 10.2 Å². The van der Waals surface area contributed by atoms with Crippen molar-refractivity contribution in [2.24, 2.45) is 0 Å². The SMILES string of the molecule is CCn1c(SCC(=O)OCC(=O)Nc2cc(Cl)ccc2OC)nnc1-c1ccco1. The van der Waals surface area contributed by atoms with Crippen molar-refractivity contribution >= 4 is 40.9 Å². The fourth-order valence-electron chi connectivity index (χ4n) is 2.54. The second-order valence-corrected chi connectivity index (χ2v) is 7.25. The molecule has 158 valence electrons. The van der Waals surface area contributed by atoms with E-state index in [-0.39, 0.29) is 5.75 Å². The molecule has 1 N–H and O–H groups in total. The van der Waals surface area contributed by atoms with E-state index in [1.165, 1.54) is 18.9 Å². The molecule has 2 heterocycles. The molecule has 3 rings (SSSR count). The second kappa shape index (κ2) is 10.2. The summed E-state index contributed by atoms with van der Waals surface area (Å²) in [4.78, 5) is 24.1. The van der Waals surface area contributed by atoms with Crippen molar-refractivity contribution in [2.75, 3.05) is 24.8 Å². The minimum atomic E-state index is -0.557. The first kappa shape index (κ1) is 21.7. The summed E-state index contributed by atoms with van der Waals surface area (Å²) < 4.78 is 17.4. The predicted molar refractivity (Wildman–Crippen MR) is 112 cm³/mol. The van der Waals surface area contributed by atoms with Crippen LogP contribution >= 0.6 is 23.4 Å². The molecule has 3 aromatic rings. The molecule has 1 aromatic carbocycles. The number of esters is 1. The van der Waals surface area contributed by atoms with Gasteiger partial charge in [-0.3, -0.25) is 14.2 Å². The fraction of sp³-hybridized carbons (Fsp3) is 0.263. The lowest BCUT2D eigenvalue weighted by atomic mass is 10.3. The number of methoxy groups -OCH3 is 1. The molecular weight excluding hydrogens is 432 g/mol. The van der Waals surface area contributed by atoms with E-state index in [1.807, 2.05) is 11.5 Å². The number of hydrogen-bond donors (Lipinski definition) is 1. The molecule has 30 heavy (non-hydrogen) atoms. The number of ether oxygens (including phenoxy) is 2. The molecule has 0 aliphatic carbocycles. The highest BCUT2D eigenvalue weighted by atomic mass is 35.5. The van der Waals surface area contributed by atoms with Gasteiger partial charge in [0.05, 0.1) is 24.8 Å². The van der Waals surface area contributed by atoms with Gasteiger partial charge in [0.1, 0.15) is 5.75 Å². The van der Waals surface area contributed by atoms with Crippen molar-refractivity contribution in [3.05, 3.63) is 41.6 Å². The number of hydrogen-bond acceptors (Lipinski definition) is 8. The van der Waals surface area contributed by atoms with Gasteiger partial charge >= 0.3 is 5.97 Å². The molecule has 0 saturated carbocycles. The number of thioether (sulfide) groups is 1. The monoisotopic (exact) mass is 450 g/mol. The molecule has 0 aliphatic heterocycles. The molecular formula is C19H19ClN4O5S. The minimum Gasteiger partial charge on any atom is -0.495 e. The highest BCUT2D eigenvalue weighted by Crippen LogP contribution is 2.27. The highest BCUT2D eigenvalue weighted by Gasteiger charge is 2.17. The first-order chi connectivity index (χ1) is 14.5. The Morgan fingerprint density at radius 2 is 2.13 bits per heavy atom. The third kappa shape index (κ3) is 5.33. The maximum atomic E-state index is 12.1. The van der Waals surface area contributed by atoms with Gasteiger partial charge in [-0.1, -0.05) is 23.4 Å².